The predicted molar refractivity (Wildman–Crippen MR) is 102 cm³/mol. The Bertz CT molecular complexity index is 664. The smallest absolute Gasteiger partial charge is 0.348 e. The van der Waals surface area contributed by atoms with E-state index in [0.717, 1.165) is 6.42 Å². The molecule has 2 heterocycles. The van der Waals surface area contributed by atoms with Crippen molar-refractivity contribution in [2.24, 2.45) is 16.7 Å². The van der Waals surface area contributed by atoms with Crippen LogP contribution in [-0.4, -0.2) is 45.7 Å². The third kappa shape index (κ3) is 3.03. The normalized spacial score (nSPS) is 34.6. The van der Waals surface area contributed by atoms with Crippen molar-refractivity contribution in [3.05, 3.63) is 12.3 Å². The first-order chi connectivity index (χ1) is 12.2. The van der Waals surface area contributed by atoms with E-state index in [4.69, 9.17) is 18.6 Å². The predicted octanol–water partition coefficient (Wildman–Crippen LogP) is 3.42. The maximum absolute atomic E-state index is 13.3. The molecule has 2 saturated heterocycles. The fourth-order valence-electron chi connectivity index (χ4n) is 3.81. The molecule has 1 aliphatic carbocycles. The summed E-state index contributed by atoms with van der Waals surface area (Å²) in [6.07, 6.45) is -0.426. The summed E-state index contributed by atoms with van der Waals surface area (Å²) < 4.78 is 23.0. The number of hydrogen-bond donors (Lipinski definition) is 0. The lowest BCUT2D eigenvalue weighted by Gasteiger charge is -2.39. The minimum Gasteiger partial charge on any atom is -0.546 e. The zero-order valence-electron chi connectivity index (χ0n) is 17.5. The number of cyclic esters (lactones) is 1. The first-order valence-electron chi connectivity index (χ1n) is 9.63. The second kappa shape index (κ2) is 6.08. The quantitative estimate of drug-likeness (QED) is 0.403. The van der Waals surface area contributed by atoms with Crippen LogP contribution in [0.25, 0.3) is 0 Å². The largest absolute Gasteiger partial charge is 0.546 e. The number of ether oxygens (including phenoxy) is 3. The third-order valence-electron chi connectivity index (χ3n) is 6.74. The maximum atomic E-state index is 13.3. The Morgan fingerprint density at radius 3 is 2.37 bits per heavy atom. The monoisotopic (exact) mass is 396 g/mol. The number of carbonyl (C=O) groups excluding carboxylic acids is 2. The Balaban J connectivity index is 1.83. The number of hydrogen-bond acceptors (Lipinski definition) is 6. The second-order valence-corrected chi connectivity index (χ2v) is 14.9. The summed E-state index contributed by atoms with van der Waals surface area (Å²) in [4.78, 5) is 25.3. The molecule has 152 valence electrons. The topological polar surface area (TPSA) is 71.1 Å². The molecule has 0 unspecified atom stereocenters. The van der Waals surface area contributed by atoms with Crippen molar-refractivity contribution in [3.63, 3.8) is 0 Å². The zero-order chi connectivity index (χ0) is 20.4. The summed E-state index contributed by atoms with van der Waals surface area (Å²) in [6, 6.07) is 0. The lowest BCUT2D eigenvalue weighted by molar-refractivity contribution is -0.169. The van der Waals surface area contributed by atoms with Gasteiger partial charge in [-0.3, -0.25) is 4.79 Å². The number of fused-ring (bicyclic) bond motifs is 1. The van der Waals surface area contributed by atoms with Gasteiger partial charge in [0.1, 0.15) is 6.61 Å². The van der Waals surface area contributed by atoms with E-state index in [9.17, 15) is 9.59 Å². The Morgan fingerprint density at radius 1 is 1.30 bits per heavy atom. The van der Waals surface area contributed by atoms with Crippen molar-refractivity contribution in [2.75, 3.05) is 13.2 Å². The van der Waals surface area contributed by atoms with Crippen molar-refractivity contribution in [1.82, 2.24) is 0 Å². The minimum absolute atomic E-state index is 0.00260. The van der Waals surface area contributed by atoms with E-state index in [1.54, 1.807) is 0 Å². The molecule has 3 aliphatic rings. The van der Waals surface area contributed by atoms with Gasteiger partial charge in [-0.2, -0.15) is 0 Å². The third-order valence-corrected chi connectivity index (χ3v) is 11.1. The molecular weight excluding hydrogens is 364 g/mol. The molecule has 2 aliphatic heterocycles. The molecular formula is C20H32O6Si. The first kappa shape index (κ1) is 20.4. The van der Waals surface area contributed by atoms with Crippen molar-refractivity contribution in [3.8, 4) is 0 Å². The Hall–Kier alpha value is -1.34. The van der Waals surface area contributed by atoms with Gasteiger partial charge in [-0.25, -0.2) is 4.79 Å². The molecule has 3 fully saturated rings. The molecule has 27 heavy (non-hydrogen) atoms. The van der Waals surface area contributed by atoms with Crippen LogP contribution < -0.4 is 0 Å². The SMILES string of the molecule is C=C(O[Si](C)(C)C(C)(C)C)[C@]1(C(=O)O[C@H]2C(=O)OCC2(C)C)[C@@H]2CCO[C@@H]21. The van der Waals surface area contributed by atoms with Crippen LogP contribution in [0.15, 0.2) is 12.3 Å². The molecule has 0 spiro atoms. The summed E-state index contributed by atoms with van der Waals surface area (Å²) in [5, 5.41) is -0.0247. The van der Waals surface area contributed by atoms with Crippen LogP contribution in [-0.2, 0) is 28.2 Å². The fourth-order valence-corrected chi connectivity index (χ4v) is 4.90. The molecule has 3 rings (SSSR count). The first-order valence-corrected chi connectivity index (χ1v) is 12.5. The summed E-state index contributed by atoms with van der Waals surface area (Å²) in [5.74, 6) is -0.537. The van der Waals surface area contributed by atoms with E-state index in [-0.39, 0.29) is 23.7 Å². The Kier molecular flexibility index (Phi) is 4.59. The van der Waals surface area contributed by atoms with Gasteiger partial charge >= 0.3 is 11.9 Å². The molecule has 0 N–H and O–H groups in total. The molecule has 0 aromatic rings. The van der Waals surface area contributed by atoms with Crippen molar-refractivity contribution in [1.29, 1.82) is 0 Å². The van der Waals surface area contributed by atoms with E-state index >= 15 is 0 Å². The maximum Gasteiger partial charge on any atom is 0.348 e. The van der Waals surface area contributed by atoms with Crippen LogP contribution in [0, 0.1) is 16.7 Å². The van der Waals surface area contributed by atoms with E-state index in [1.165, 1.54) is 0 Å². The average Bonchev–Trinajstić information content (AvgIpc) is 2.79. The van der Waals surface area contributed by atoms with Gasteiger partial charge in [-0.1, -0.05) is 41.2 Å². The zero-order valence-corrected chi connectivity index (χ0v) is 18.5. The Labute approximate surface area is 162 Å². The van der Waals surface area contributed by atoms with E-state index < -0.39 is 37.2 Å². The van der Waals surface area contributed by atoms with Gasteiger partial charge in [0.25, 0.3) is 0 Å². The summed E-state index contributed by atoms with van der Waals surface area (Å²) in [6.45, 7) is 19.4. The van der Waals surface area contributed by atoms with Crippen LogP contribution in [0.3, 0.4) is 0 Å². The van der Waals surface area contributed by atoms with Crippen molar-refractivity contribution < 1.29 is 28.2 Å². The van der Waals surface area contributed by atoms with Gasteiger partial charge in [0, 0.05) is 17.9 Å². The van der Waals surface area contributed by atoms with Crippen molar-refractivity contribution in [2.45, 2.75) is 71.4 Å². The van der Waals surface area contributed by atoms with Crippen LogP contribution in [0.2, 0.25) is 18.1 Å². The lowest BCUT2D eigenvalue weighted by atomic mass is 9.89. The van der Waals surface area contributed by atoms with Gasteiger partial charge in [-0.05, 0) is 24.6 Å². The van der Waals surface area contributed by atoms with Gasteiger partial charge in [0.15, 0.2) is 5.41 Å². The lowest BCUT2D eigenvalue weighted by Crippen LogP contribution is -2.44. The minimum atomic E-state index is -2.17. The summed E-state index contributed by atoms with van der Waals surface area (Å²) in [7, 11) is -2.17. The van der Waals surface area contributed by atoms with Crippen LogP contribution in [0.1, 0.15) is 41.0 Å². The van der Waals surface area contributed by atoms with Crippen LogP contribution >= 0.6 is 0 Å². The molecule has 6 nitrogen and oxygen atoms in total. The highest BCUT2D eigenvalue weighted by Gasteiger charge is 2.77. The molecule has 0 aromatic carbocycles. The van der Waals surface area contributed by atoms with Gasteiger partial charge < -0.3 is 18.6 Å². The molecule has 0 aromatic heterocycles. The number of esters is 2. The highest BCUT2D eigenvalue weighted by Crippen LogP contribution is 2.65. The molecule has 0 amide bonds. The molecule has 4 atom stereocenters. The van der Waals surface area contributed by atoms with Gasteiger partial charge in [0.05, 0.1) is 11.9 Å². The standard InChI is InChI=1S/C20H32O6Si/c1-12(26-27(7,8)18(2,3)4)20(13-9-10-23-14(13)20)17(22)25-15-16(21)24-11-19(15,5)6/h13-15H,1,9-11H2,2-8H3/t13-,14+,15+,20+/m1/s1. The molecule has 1 saturated carbocycles. The van der Waals surface area contributed by atoms with Crippen LogP contribution in [0.4, 0.5) is 0 Å². The Morgan fingerprint density at radius 2 is 1.93 bits per heavy atom. The summed E-state index contributed by atoms with van der Waals surface area (Å²) in [5.41, 5.74) is -1.56. The summed E-state index contributed by atoms with van der Waals surface area (Å²) >= 11 is 0. The van der Waals surface area contributed by atoms with Gasteiger partial charge in [-0.15, -0.1) is 0 Å². The van der Waals surface area contributed by atoms with E-state index in [2.05, 4.69) is 40.4 Å². The average molecular weight is 397 g/mol. The molecule has 0 bridgehead atoms. The highest BCUT2D eigenvalue weighted by atomic mass is 28.4. The number of rotatable bonds is 5. The van der Waals surface area contributed by atoms with Crippen LogP contribution in [0.5, 0.6) is 0 Å². The molecule has 0 radical (unpaired) electrons. The van der Waals surface area contributed by atoms with E-state index in [1.807, 2.05) is 13.8 Å². The van der Waals surface area contributed by atoms with Gasteiger partial charge in [0.2, 0.25) is 14.4 Å². The second-order valence-electron chi connectivity index (χ2n) is 10.2. The highest BCUT2D eigenvalue weighted by molar-refractivity contribution is 6.74. The van der Waals surface area contributed by atoms with E-state index in [0.29, 0.717) is 12.4 Å². The fraction of sp³-hybridized carbons (Fsp3) is 0.800. The number of carbonyl (C=O) groups is 2. The molecule has 7 heteroatoms. The van der Waals surface area contributed by atoms with Crippen molar-refractivity contribution >= 4 is 20.3 Å².